The predicted octanol–water partition coefficient (Wildman–Crippen LogP) is 3.63. The van der Waals surface area contributed by atoms with Gasteiger partial charge in [0, 0.05) is 17.8 Å². The molecule has 7 heteroatoms. The summed E-state index contributed by atoms with van der Waals surface area (Å²) in [6.07, 6.45) is 6.89. The van der Waals surface area contributed by atoms with Gasteiger partial charge in [-0.2, -0.15) is 0 Å². The van der Waals surface area contributed by atoms with Crippen LogP contribution >= 0.6 is 0 Å². The van der Waals surface area contributed by atoms with Crippen molar-refractivity contribution in [2.75, 3.05) is 13.2 Å². The van der Waals surface area contributed by atoms with Crippen LogP contribution in [0.15, 0.2) is 23.8 Å². The Morgan fingerprint density at radius 1 is 1.13 bits per heavy atom. The quantitative estimate of drug-likeness (QED) is 0.327. The molecular formula is C23H32O7. The van der Waals surface area contributed by atoms with E-state index in [-0.39, 0.29) is 30.1 Å². The molecule has 0 aromatic heterocycles. The summed E-state index contributed by atoms with van der Waals surface area (Å²) >= 11 is 0. The van der Waals surface area contributed by atoms with Gasteiger partial charge in [0.25, 0.3) is 0 Å². The van der Waals surface area contributed by atoms with Gasteiger partial charge >= 0.3 is 17.9 Å². The molecule has 4 saturated carbocycles. The van der Waals surface area contributed by atoms with Crippen molar-refractivity contribution >= 4 is 17.9 Å². The molecule has 4 rings (SSSR count). The molecule has 0 aliphatic heterocycles. The highest BCUT2D eigenvalue weighted by Crippen LogP contribution is 2.60. The lowest BCUT2D eigenvalue weighted by atomic mass is 9.49. The lowest BCUT2D eigenvalue weighted by Crippen LogP contribution is -2.51. The first-order chi connectivity index (χ1) is 14.2. The van der Waals surface area contributed by atoms with Crippen molar-refractivity contribution in [3.05, 3.63) is 23.8 Å². The van der Waals surface area contributed by atoms with Gasteiger partial charge in [0.15, 0.2) is 6.61 Å². The van der Waals surface area contributed by atoms with E-state index in [1.54, 1.807) is 6.92 Å². The minimum Gasteiger partial charge on any atom is -0.478 e. The van der Waals surface area contributed by atoms with E-state index >= 15 is 0 Å². The van der Waals surface area contributed by atoms with Gasteiger partial charge < -0.3 is 19.3 Å². The maximum absolute atomic E-state index is 13.1. The number of aliphatic carboxylic acids is 1. The fourth-order valence-corrected chi connectivity index (χ4v) is 5.60. The Morgan fingerprint density at radius 2 is 1.70 bits per heavy atom. The second kappa shape index (κ2) is 9.33. The van der Waals surface area contributed by atoms with Crippen LogP contribution in [0.25, 0.3) is 0 Å². The zero-order valence-corrected chi connectivity index (χ0v) is 17.9. The second-order valence-electron chi connectivity index (χ2n) is 9.09. The molecule has 4 fully saturated rings. The van der Waals surface area contributed by atoms with Crippen LogP contribution in [0.3, 0.4) is 0 Å². The summed E-state index contributed by atoms with van der Waals surface area (Å²) in [7, 11) is 0. The van der Waals surface area contributed by atoms with E-state index in [1.165, 1.54) is 32.3 Å². The molecule has 0 radical (unpaired) electrons. The van der Waals surface area contributed by atoms with Gasteiger partial charge in [0.1, 0.15) is 0 Å². The number of hydrogen-bond acceptors (Lipinski definition) is 6. The lowest BCUT2D eigenvalue weighted by Gasteiger charge is -2.55. The van der Waals surface area contributed by atoms with Crippen molar-refractivity contribution in [3.8, 4) is 0 Å². The third-order valence-corrected chi connectivity index (χ3v) is 6.69. The lowest BCUT2D eigenvalue weighted by molar-refractivity contribution is -0.211. The monoisotopic (exact) mass is 420 g/mol. The molecule has 4 aliphatic rings. The van der Waals surface area contributed by atoms with E-state index in [9.17, 15) is 14.4 Å². The number of carbonyl (C=O) groups excluding carboxylic acids is 2. The van der Waals surface area contributed by atoms with Crippen LogP contribution < -0.4 is 0 Å². The third kappa shape index (κ3) is 5.12. The van der Waals surface area contributed by atoms with Crippen molar-refractivity contribution < 1.29 is 33.7 Å². The molecule has 166 valence electrons. The van der Waals surface area contributed by atoms with E-state index in [1.807, 2.05) is 0 Å². The van der Waals surface area contributed by atoms with Gasteiger partial charge in [-0.1, -0.05) is 12.7 Å². The number of ether oxygens (including phenoxy) is 3. The summed E-state index contributed by atoms with van der Waals surface area (Å²) in [6, 6.07) is 0. The van der Waals surface area contributed by atoms with Crippen LogP contribution in [0, 0.1) is 23.2 Å². The second-order valence-corrected chi connectivity index (χ2v) is 9.09. The number of carboxylic acid groups (broad SMARTS) is 1. The molecule has 0 amide bonds. The van der Waals surface area contributed by atoms with Gasteiger partial charge in [-0.05, 0) is 76.5 Å². The summed E-state index contributed by atoms with van der Waals surface area (Å²) in [5, 5.41) is 8.86. The predicted molar refractivity (Wildman–Crippen MR) is 108 cm³/mol. The van der Waals surface area contributed by atoms with E-state index in [0.29, 0.717) is 24.4 Å². The van der Waals surface area contributed by atoms with E-state index < -0.39 is 23.6 Å². The first-order valence-corrected chi connectivity index (χ1v) is 10.8. The minimum absolute atomic E-state index is 0.0728. The highest BCUT2D eigenvalue weighted by molar-refractivity contribution is 5.89. The highest BCUT2D eigenvalue weighted by atomic mass is 16.7. The number of carboxylic acids is 1. The first-order valence-electron chi connectivity index (χ1n) is 10.8. The van der Waals surface area contributed by atoms with E-state index in [0.717, 1.165) is 19.3 Å². The van der Waals surface area contributed by atoms with Gasteiger partial charge in [-0.3, -0.25) is 4.79 Å². The fourth-order valence-electron chi connectivity index (χ4n) is 5.60. The Hall–Kier alpha value is -2.15. The van der Waals surface area contributed by atoms with Crippen LogP contribution in [0.2, 0.25) is 0 Å². The number of rotatable bonds is 10. The van der Waals surface area contributed by atoms with Gasteiger partial charge in [-0.15, -0.1) is 0 Å². The smallest absolute Gasteiger partial charge is 0.333 e. The zero-order chi connectivity index (χ0) is 21.9. The van der Waals surface area contributed by atoms with Gasteiger partial charge in [0.05, 0.1) is 5.41 Å². The van der Waals surface area contributed by atoms with Crippen LogP contribution in [0.1, 0.15) is 58.8 Å². The Balaban J connectivity index is 1.53. The first kappa shape index (κ1) is 22.5. The Labute approximate surface area is 177 Å². The molecule has 0 aromatic rings. The number of esters is 2. The topological polar surface area (TPSA) is 99.1 Å². The van der Waals surface area contributed by atoms with Crippen LogP contribution in [0.4, 0.5) is 0 Å². The van der Waals surface area contributed by atoms with Gasteiger partial charge in [0.2, 0.25) is 6.29 Å². The average molecular weight is 421 g/mol. The van der Waals surface area contributed by atoms with Gasteiger partial charge in [-0.25, -0.2) is 9.59 Å². The number of allylic oxidation sites excluding steroid dienone is 1. The van der Waals surface area contributed by atoms with Crippen molar-refractivity contribution in [2.24, 2.45) is 23.2 Å². The number of hydrogen-bond donors (Lipinski definition) is 1. The maximum Gasteiger partial charge on any atom is 0.333 e. The summed E-state index contributed by atoms with van der Waals surface area (Å²) in [4.78, 5) is 36.0. The SMILES string of the molecule is C=C(CC=C(C)C(=O)O)C(=O)OCC(OCC)OC(=O)C12CC3CC(CC(C3)C1)C2. The Bertz CT molecular complexity index is 701. The van der Waals surface area contributed by atoms with Crippen LogP contribution in [0.5, 0.6) is 0 Å². The molecular weight excluding hydrogens is 388 g/mol. The molecule has 0 heterocycles. The summed E-state index contributed by atoms with van der Waals surface area (Å²) in [5.41, 5.74) is -0.157. The van der Waals surface area contributed by atoms with E-state index in [2.05, 4.69) is 6.58 Å². The summed E-state index contributed by atoms with van der Waals surface area (Å²) in [6.45, 7) is 6.96. The van der Waals surface area contributed by atoms with Crippen molar-refractivity contribution in [3.63, 3.8) is 0 Å². The maximum atomic E-state index is 13.1. The molecule has 0 saturated heterocycles. The Kier molecular flexibility index (Phi) is 7.01. The zero-order valence-electron chi connectivity index (χ0n) is 17.9. The highest BCUT2D eigenvalue weighted by Gasteiger charge is 2.55. The Morgan fingerprint density at radius 3 is 2.20 bits per heavy atom. The largest absolute Gasteiger partial charge is 0.478 e. The molecule has 4 aliphatic carbocycles. The van der Waals surface area contributed by atoms with Crippen LogP contribution in [-0.2, 0) is 28.6 Å². The molecule has 1 N–H and O–H groups in total. The third-order valence-electron chi connectivity index (χ3n) is 6.69. The minimum atomic E-state index is -1.05. The fraction of sp³-hybridized carbons (Fsp3) is 0.696. The standard InChI is InChI=1S/C23H32O7/c1-4-28-19(13-29-21(26)15(3)6-5-14(2)20(24)25)30-22(27)23-10-16-7-17(11-23)9-18(8-16)12-23/h5,16-19H,3-4,6-13H2,1-2H3,(H,24,25). The molecule has 30 heavy (non-hydrogen) atoms. The average Bonchev–Trinajstić information content (AvgIpc) is 2.68. The molecule has 0 spiro atoms. The number of carbonyl (C=O) groups is 3. The molecule has 1 unspecified atom stereocenters. The van der Waals surface area contributed by atoms with Crippen LogP contribution in [-0.4, -0.2) is 42.5 Å². The molecule has 7 nitrogen and oxygen atoms in total. The molecule has 4 bridgehead atoms. The van der Waals surface area contributed by atoms with Crippen molar-refractivity contribution in [1.82, 2.24) is 0 Å². The van der Waals surface area contributed by atoms with Crippen molar-refractivity contribution in [2.45, 2.75) is 65.1 Å². The molecule has 1 atom stereocenters. The summed E-state index contributed by atoms with van der Waals surface area (Å²) in [5.74, 6) is -0.0764. The summed E-state index contributed by atoms with van der Waals surface area (Å²) < 4.78 is 16.4. The normalized spacial score (nSPS) is 30.6. The van der Waals surface area contributed by atoms with E-state index in [4.69, 9.17) is 19.3 Å². The van der Waals surface area contributed by atoms with Crippen molar-refractivity contribution in [1.29, 1.82) is 0 Å². The molecule has 0 aromatic carbocycles.